The Kier molecular flexibility index (Phi) is 4.54. The molecule has 1 rings (SSSR count). The van der Waals surface area contributed by atoms with Crippen molar-refractivity contribution in [3.05, 3.63) is 0 Å². The lowest BCUT2D eigenvalue weighted by atomic mass is 9.64. The van der Waals surface area contributed by atoms with E-state index in [2.05, 4.69) is 19.2 Å². The molecule has 0 spiro atoms. The van der Waals surface area contributed by atoms with Gasteiger partial charge in [0, 0.05) is 11.5 Å². The lowest BCUT2D eigenvalue weighted by Gasteiger charge is -2.42. The van der Waals surface area contributed by atoms with Crippen LogP contribution in [0.25, 0.3) is 0 Å². The molecule has 1 atom stereocenters. The Morgan fingerprint density at radius 3 is 2.24 bits per heavy atom. The van der Waals surface area contributed by atoms with Gasteiger partial charge in [0.2, 0.25) is 5.91 Å². The zero-order valence-corrected chi connectivity index (χ0v) is 11.0. The van der Waals surface area contributed by atoms with Gasteiger partial charge in [-0.1, -0.05) is 20.3 Å². The second kappa shape index (κ2) is 5.52. The average molecular weight is 241 g/mol. The van der Waals surface area contributed by atoms with Gasteiger partial charge in [0.05, 0.1) is 6.42 Å². The summed E-state index contributed by atoms with van der Waals surface area (Å²) < 4.78 is 0. The number of carboxylic acids is 1. The fourth-order valence-electron chi connectivity index (χ4n) is 2.60. The molecule has 1 fully saturated rings. The Morgan fingerprint density at radius 2 is 1.88 bits per heavy atom. The van der Waals surface area contributed by atoms with E-state index in [0.29, 0.717) is 5.92 Å². The largest absolute Gasteiger partial charge is 0.481 e. The average Bonchev–Trinajstić information content (AvgIpc) is 2.08. The first kappa shape index (κ1) is 14.0. The number of carbonyl (C=O) groups excluding carboxylic acids is 1. The summed E-state index contributed by atoms with van der Waals surface area (Å²) in [6, 6.07) is -0.287. The van der Waals surface area contributed by atoms with Crippen LogP contribution in [0.5, 0.6) is 0 Å². The molecule has 0 aromatic heterocycles. The van der Waals surface area contributed by atoms with Crippen molar-refractivity contribution in [2.24, 2.45) is 11.3 Å². The lowest BCUT2D eigenvalue weighted by molar-refractivity contribution is -0.140. The Labute approximate surface area is 103 Å². The summed E-state index contributed by atoms with van der Waals surface area (Å²) in [5.41, 5.74) is -0.221. The van der Waals surface area contributed by atoms with Crippen molar-refractivity contribution in [3.63, 3.8) is 0 Å². The summed E-state index contributed by atoms with van der Waals surface area (Å²) in [5, 5.41) is 11.5. The van der Waals surface area contributed by atoms with Gasteiger partial charge >= 0.3 is 5.97 Å². The quantitative estimate of drug-likeness (QED) is 0.749. The fraction of sp³-hybridized carbons (Fsp3) is 0.846. The normalized spacial score (nSPS) is 19.5. The number of hydrogen-bond acceptors (Lipinski definition) is 2. The highest BCUT2D eigenvalue weighted by Gasteiger charge is 2.44. The lowest BCUT2D eigenvalue weighted by Crippen LogP contribution is -2.49. The van der Waals surface area contributed by atoms with Crippen LogP contribution in [0.2, 0.25) is 0 Å². The summed E-state index contributed by atoms with van der Waals surface area (Å²) in [7, 11) is 0. The van der Waals surface area contributed by atoms with Gasteiger partial charge in [0.25, 0.3) is 0 Å². The summed E-state index contributed by atoms with van der Waals surface area (Å²) in [6.45, 7) is 5.98. The van der Waals surface area contributed by atoms with Crippen molar-refractivity contribution in [2.75, 3.05) is 0 Å². The molecule has 1 amide bonds. The molecule has 17 heavy (non-hydrogen) atoms. The third kappa shape index (κ3) is 3.72. The molecule has 98 valence electrons. The molecule has 0 aromatic rings. The Morgan fingerprint density at radius 1 is 1.29 bits per heavy atom. The van der Waals surface area contributed by atoms with E-state index >= 15 is 0 Å². The molecule has 0 bridgehead atoms. The molecule has 1 aliphatic rings. The number of hydrogen-bond donors (Lipinski definition) is 2. The summed E-state index contributed by atoms with van der Waals surface area (Å²) in [6.07, 6.45) is 3.88. The van der Waals surface area contributed by atoms with Gasteiger partial charge in [-0.25, -0.2) is 0 Å². The van der Waals surface area contributed by atoms with E-state index in [0.717, 1.165) is 25.7 Å². The van der Waals surface area contributed by atoms with Crippen molar-refractivity contribution >= 4 is 11.9 Å². The third-order valence-corrected chi connectivity index (χ3v) is 3.45. The topological polar surface area (TPSA) is 66.4 Å². The van der Waals surface area contributed by atoms with Crippen LogP contribution in [0.3, 0.4) is 0 Å². The van der Waals surface area contributed by atoms with Gasteiger partial charge in [-0.2, -0.15) is 0 Å². The molecule has 2 N–H and O–H groups in total. The van der Waals surface area contributed by atoms with Crippen molar-refractivity contribution < 1.29 is 14.7 Å². The van der Waals surface area contributed by atoms with Crippen LogP contribution in [0.4, 0.5) is 0 Å². The molecule has 4 heteroatoms. The number of rotatable bonds is 6. The molecule has 1 saturated carbocycles. The summed E-state index contributed by atoms with van der Waals surface area (Å²) in [4.78, 5) is 22.7. The number of aliphatic carboxylic acids is 1. The molecule has 0 aromatic carbocycles. The second-order valence-corrected chi connectivity index (χ2v) is 5.70. The van der Waals surface area contributed by atoms with Gasteiger partial charge in [-0.05, 0) is 32.1 Å². The number of nitrogens with one attached hydrogen (secondary N) is 1. The summed E-state index contributed by atoms with van der Waals surface area (Å²) >= 11 is 0. The molecule has 1 unspecified atom stereocenters. The molecular weight excluding hydrogens is 218 g/mol. The van der Waals surface area contributed by atoms with E-state index in [-0.39, 0.29) is 23.8 Å². The first-order valence-corrected chi connectivity index (χ1v) is 6.38. The van der Waals surface area contributed by atoms with Gasteiger partial charge < -0.3 is 10.4 Å². The SMILES string of the molecule is CC(C)CC1(C(=O)NC(C)CC(=O)O)CCC1. The van der Waals surface area contributed by atoms with Gasteiger partial charge in [0.1, 0.15) is 0 Å². The van der Waals surface area contributed by atoms with Crippen LogP contribution in [0.1, 0.15) is 52.9 Å². The summed E-state index contributed by atoms with van der Waals surface area (Å²) in [5.74, 6) is -0.327. The Hall–Kier alpha value is -1.06. The highest BCUT2D eigenvalue weighted by molar-refractivity contribution is 5.84. The van der Waals surface area contributed by atoms with Crippen LogP contribution in [0, 0.1) is 11.3 Å². The van der Waals surface area contributed by atoms with Crippen LogP contribution in [0.15, 0.2) is 0 Å². The maximum Gasteiger partial charge on any atom is 0.305 e. The van der Waals surface area contributed by atoms with E-state index in [4.69, 9.17) is 5.11 Å². The zero-order valence-electron chi connectivity index (χ0n) is 11.0. The predicted octanol–water partition coefficient (Wildman–Crippen LogP) is 2.18. The number of amides is 1. The van der Waals surface area contributed by atoms with Crippen molar-refractivity contribution in [1.82, 2.24) is 5.32 Å². The molecule has 1 aliphatic carbocycles. The molecule has 0 aliphatic heterocycles. The minimum Gasteiger partial charge on any atom is -0.481 e. The highest BCUT2D eigenvalue weighted by Crippen LogP contribution is 2.46. The van der Waals surface area contributed by atoms with Gasteiger partial charge in [0.15, 0.2) is 0 Å². The highest BCUT2D eigenvalue weighted by atomic mass is 16.4. The van der Waals surface area contributed by atoms with Crippen LogP contribution < -0.4 is 5.32 Å². The van der Waals surface area contributed by atoms with Crippen LogP contribution in [-0.4, -0.2) is 23.0 Å². The monoisotopic (exact) mass is 241 g/mol. The maximum absolute atomic E-state index is 12.2. The Balaban J connectivity index is 2.52. The van der Waals surface area contributed by atoms with Crippen molar-refractivity contribution in [3.8, 4) is 0 Å². The molecule has 4 nitrogen and oxygen atoms in total. The molecule has 0 heterocycles. The number of carbonyl (C=O) groups is 2. The first-order chi connectivity index (χ1) is 7.85. The fourth-order valence-corrected chi connectivity index (χ4v) is 2.60. The smallest absolute Gasteiger partial charge is 0.305 e. The van der Waals surface area contributed by atoms with Crippen LogP contribution >= 0.6 is 0 Å². The zero-order chi connectivity index (χ0) is 13.1. The molecule has 0 saturated heterocycles. The minimum absolute atomic E-state index is 0.0104. The third-order valence-electron chi connectivity index (χ3n) is 3.45. The van der Waals surface area contributed by atoms with E-state index in [1.165, 1.54) is 0 Å². The van der Waals surface area contributed by atoms with Crippen molar-refractivity contribution in [2.45, 2.75) is 58.9 Å². The maximum atomic E-state index is 12.2. The van der Waals surface area contributed by atoms with Gasteiger partial charge in [-0.15, -0.1) is 0 Å². The molecular formula is C13H23NO3. The van der Waals surface area contributed by atoms with Crippen molar-refractivity contribution in [1.29, 1.82) is 0 Å². The van der Waals surface area contributed by atoms with E-state index in [9.17, 15) is 9.59 Å². The predicted molar refractivity (Wildman–Crippen MR) is 65.6 cm³/mol. The van der Waals surface area contributed by atoms with Gasteiger partial charge in [-0.3, -0.25) is 9.59 Å². The first-order valence-electron chi connectivity index (χ1n) is 6.38. The standard InChI is InChI=1S/C13H23NO3/c1-9(2)8-13(5-4-6-13)12(17)14-10(3)7-11(15)16/h9-10H,4-8H2,1-3H3,(H,14,17)(H,15,16). The number of carboxylic acid groups (broad SMARTS) is 1. The second-order valence-electron chi connectivity index (χ2n) is 5.70. The van der Waals surface area contributed by atoms with E-state index in [1.54, 1.807) is 6.92 Å². The van der Waals surface area contributed by atoms with Crippen LogP contribution in [-0.2, 0) is 9.59 Å². The Bertz CT molecular complexity index is 295. The minimum atomic E-state index is -0.871. The van der Waals surface area contributed by atoms with E-state index < -0.39 is 5.97 Å². The van der Waals surface area contributed by atoms with E-state index in [1.807, 2.05) is 0 Å². The molecule has 0 radical (unpaired) electrons.